The van der Waals surface area contributed by atoms with E-state index in [1.54, 1.807) is 23.6 Å². The zero-order chi connectivity index (χ0) is 13.0. The van der Waals surface area contributed by atoms with Crippen LogP contribution in [0.4, 0.5) is 0 Å². The summed E-state index contributed by atoms with van der Waals surface area (Å²) in [6, 6.07) is 3.58. The molecule has 94 valence electrons. The van der Waals surface area contributed by atoms with Crippen molar-refractivity contribution in [3.63, 3.8) is 0 Å². The van der Waals surface area contributed by atoms with Crippen LogP contribution < -0.4 is 10.5 Å². The van der Waals surface area contributed by atoms with E-state index in [1.165, 1.54) is 4.88 Å². The number of hydrogen-bond donors (Lipinski definition) is 1. The fraction of sp³-hybridized carbons (Fsp3) is 0.250. The molecule has 2 aromatic rings. The van der Waals surface area contributed by atoms with E-state index < -0.39 is 0 Å². The minimum atomic E-state index is 0.293. The predicted molar refractivity (Wildman–Crippen MR) is 76.2 cm³/mol. The summed E-state index contributed by atoms with van der Waals surface area (Å²) in [4.78, 5) is 9.85. The summed E-state index contributed by atoms with van der Waals surface area (Å²) in [6.07, 6.45) is 2.49. The molecular formula is C12H13N3OS2. The molecule has 6 heteroatoms. The SMILES string of the molecule is Cc1ncsc1CCOc1ccc(C(N)=S)nc1. The van der Waals surface area contributed by atoms with Gasteiger partial charge in [0.1, 0.15) is 10.7 Å². The highest BCUT2D eigenvalue weighted by molar-refractivity contribution is 7.80. The second-order valence-corrected chi connectivity index (χ2v) is 5.08. The normalized spacial score (nSPS) is 10.3. The van der Waals surface area contributed by atoms with Crippen LogP contribution in [0.1, 0.15) is 16.3 Å². The highest BCUT2D eigenvalue weighted by atomic mass is 32.1. The fourth-order valence-electron chi connectivity index (χ4n) is 1.44. The average Bonchev–Trinajstić information content (AvgIpc) is 2.76. The third-order valence-electron chi connectivity index (χ3n) is 2.43. The van der Waals surface area contributed by atoms with E-state index in [1.807, 2.05) is 18.5 Å². The van der Waals surface area contributed by atoms with Gasteiger partial charge in [-0.3, -0.25) is 0 Å². The first-order chi connectivity index (χ1) is 8.66. The van der Waals surface area contributed by atoms with Crippen molar-refractivity contribution >= 4 is 28.5 Å². The first-order valence-electron chi connectivity index (χ1n) is 5.44. The molecule has 2 heterocycles. The number of nitrogens with two attached hydrogens (primary N) is 1. The molecule has 0 aliphatic rings. The molecule has 0 atom stereocenters. The van der Waals surface area contributed by atoms with Gasteiger partial charge in [0.2, 0.25) is 0 Å². The smallest absolute Gasteiger partial charge is 0.137 e. The first kappa shape index (κ1) is 12.9. The summed E-state index contributed by atoms with van der Waals surface area (Å²) in [5, 5.41) is 0. The molecular weight excluding hydrogens is 266 g/mol. The van der Waals surface area contributed by atoms with Gasteiger partial charge in [-0.25, -0.2) is 9.97 Å². The van der Waals surface area contributed by atoms with Gasteiger partial charge < -0.3 is 10.5 Å². The number of ether oxygens (including phenoxy) is 1. The third-order valence-corrected chi connectivity index (χ3v) is 3.64. The molecule has 0 aromatic carbocycles. The monoisotopic (exact) mass is 279 g/mol. The molecule has 0 fully saturated rings. The van der Waals surface area contributed by atoms with Crippen LogP contribution in [-0.2, 0) is 6.42 Å². The number of aryl methyl sites for hydroxylation is 1. The predicted octanol–water partition coefficient (Wildman–Crippen LogP) is 2.10. The summed E-state index contributed by atoms with van der Waals surface area (Å²) < 4.78 is 5.60. The maximum Gasteiger partial charge on any atom is 0.137 e. The minimum absolute atomic E-state index is 0.293. The molecule has 0 radical (unpaired) electrons. The average molecular weight is 279 g/mol. The van der Waals surface area contributed by atoms with E-state index in [9.17, 15) is 0 Å². The quantitative estimate of drug-likeness (QED) is 0.849. The van der Waals surface area contributed by atoms with Gasteiger partial charge in [0, 0.05) is 11.3 Å². The van der Waals surface area contributed by atoms with E-state index in [0.29, 0.717) is 17.3 Å². The molecule has 2 aromatic heterocycles. The largest absolute Gasteiger partial charge is 0.492 e. The van der Waals surface area contributed by atoms with E-state index in [2.05, 4.69) is 9.97 Å². The van der Waals surface area contributed by atoms with Gasteiger partial charge in [-0.1, -0.05) is 12.2 Å². The Labute approximate surface area is 115 Å². The van der Waals surface area contributed by atoms with Crippen LogP contribution in [0.3, 0.4) is 0 Å². The van der Waals surface area contributed by atoms with Gasteiger partial charge in [-0.05, 0) is 19.1 Å². The van der Waals surface area contributed by atoms with Gasteiger partial charge in [-0.15, -0.1) is 11.3 Å². The van der Waals surface area contributed by atoms with Gasteiger partial charge in [-0.2, -0.15) is 0 Å². The molecule has 0 unspecified atom stereocenters. The molecule has 0 saturated heterocycles. The summed E-state index contributed by atoms with van der Waals surface area (Å²) in [6.45, 7) is 2.61. The van der Waals surface area contributed by atoms with Crippen molar-refractivity contribution in [3.8, 4) is 5.75 Å². The van der Waals surface area contributed by atoms with Crippen molar-refractivity contribution in [1.29, 1.82) is 0 Å². The summed E-state index contributed by atoms with van der Waals surface area (Å²) in [7, 11) is 0. The Morgan fingerprint density at radius 2 is 2.28 bits per heavy atom. The molecule has 0 aliphatic heterocycles. The van der Waals surface area contributed by atoms with Crippen LogP contribution in [0, 0.1) is 6.92 Å². The molecule has 2 N–H and O–H groups in total. The van der Waals surface area contributed by atoms with Crippen LogP contribution in [0.2, 0.25) is 0 Å². The Morgan fingerprint density at radius 1 is 1.44 bits per heavy atom. The minimum Gasteiger partial charge on any atom is -0.492 e. The lowest BCUT2D eigenvalue weighted by molar-refractivity contribution is 0.321. The summed E-state index contributed by atoms with van der Waals surface area (Å²) >= 11 is 6.48. The third kappa shape index (κ3) is 3.24. The lowest BCUT2D eigenvalue weighted by atomic mass is 10.3. The van der Waals surface area contributed by atoms with Crippen molar-refractivity contribution in [2.75, 3.05) is 6.61 Å². The number of aromatic nitrogens is 2. The number of thiazole rings is 1. The Kier molecular flexibility index (Phi) is 4.22. The van der Waals surface area contributed by atoms with E-state index in [4.69, 9.17) is 22.7 Å². The van der Waals surface area contributed by atoms with Crippen LogP contribution >= 0.6 is 23.6 Å². The van der Waals surface area contributed by atoms with Crippen molar-refractivity contribution in [3.05, 3.63) is 40.1 Å². The van der Waals surface area contributed by atoms with Crippen LogP contribution in [0.15, 0.2) is 23.8 Å². The van der Waals surface area contributed by atoms with E-state index in [-0.39, 0.29) is 0 Å². The molecule has 2 rings (SSSR count). The molecule has 0 aliphatic carbocycles. The molecule has 4 nitrogen and oxygen atoms in total. The number of nitrogens with zero attached hydrogens (tertiary/aromatic N) is 2. The Morgan fingerprint density at radius 3 is 2.83 bits per heavy atom. The molecule has 18 heavy (non-hydrogen) atoms. The van der Waals surface area contributed by atoms with E-state index in [0.717, 1.165) is 17.9 Å². The number of pyridine rings is 1. The molecule has 0 saturated carbocycles. The van der Waals surface area contributed by atoms with Crippen LogP contribution in [0.5, 0.6) is 5.75 Å². The molecule has 0 amide bonds. The molecule has 0 bridgehead atoms. The first-order valence-corrected chi connectivity index (χ1v) is 6.73. The lowest BCUT2D eigenvalue weighted by Gasteiger charge is -2.05. The number of hydrogen-bond acceptors (Lipinski definition) is 5. The van der Waals surface area contributed by atoms with Crippen molar-refractivity contribution in [2.24, 2.45) is 5.73 Å². The van der Waals surface area contributed by atoms with Gasteiger partial charge in [0.25, 0.3) is 0 Å². The summed E-state index contributed by atoms with van der Waals surface area (Å²) in [5.41, 5.74) is 9.00. The van der Waals surface area contributed by atoms with Crippen LogP contribution in [0.25, 0.3) is 0 Å². The van der Waals surface area contributed by atoms with E-state index >= 15 is 0 Å². The maximum absolute atomic E-state index is 5.60. The van der Waals surface area contributed by atoms with Crippen LogP contribution in [-0.4, -0.2) is 21.6 Å². The maximum atomic E-state index is 5.60. The van der Waals surface area contributed by atoms with Gasteiger partial charge >= 0.3 is 0 Å². The number of thiocarbonyl (C=S) groups is 1. The second kappa shape index (κ2) is 5.88. The van der Waals surface area contributed by atoms with Crippen molar-refractivity contribution < 1.29 is 4.74 Å². The van der Waals surface area contributed by atoms with Gasteiger partial charge in [0.15, 0.2) is 0 Å². The zero-order valence-corrected chi connectivity index (χ0v) is 11.6. The second-order valence-electron chi connectivity index (χ2n) is 3.70. The Balaban J connectivity index is 1.87. The number of rotatable bonds is 5. The highest BCUT2D eigenvalue weighted by Crippen LogP contribution is 2.14. The molecule has 0 spiro atoms. The van der Waals surface area contributed by atoms with Gasteiger partial charge in [0.05, 0.1) is 29.7 Å². The van der Waals surface area contributed by atoms with Crippen molar-refractivity contribution in [2.45, 2.75) is 13.3 Å². The highest BCUT2D eigenvalue weighted by Gasteiger charge is 2.02. The Hall–Kier alpha value is -1.53. The lowest BCUT2D eigenvalue weighted by Crippen LogP contribution is -2.11. The summed E-state index contributed by atoms with van der Waals surface area (Å²) in [5.74, 6) is 0.720. The fourth-order valence-corrected chi connectivity index (χ4v) is 2.32. The zero-order valence-electron chi connectivity index (χ0n) is 9.92. The standard InChI is InChI=1S/C12H13N3OS2/c1-8-11(18-7-15-8)4-5-16-9-2-3-10(12(13)17)14-6-9/h2-3,6-7H,4-5H2,1H3,(H2,13,17). The Bertz CT molecular complexity index is 537. The van der Waals surface area contributed by atoms with Crippen molar-refractivity contribution in [1.82, 2.24) is 9.97 Å². The topological polar surface area (TPSA) is 61.0 Å².